The maximum absolute atomic E-state index is 15.0. The lowest BCUT2D eigenvalue weighted by Crippen LogP contribution is -2.24. The van der Waals surface area contributed by atoms with Crippen LogP contribution in [0.1, 0.15) is 15.9 Å². The summed E-state index contributed by atoms with van der Waals surface area (Å²) < 4.78 is 20.5. The van der Waals surface area contributed by atoms with Crippen LogP contribution in [0, 0.1) is 5.82 Å². The molecule has 0 radical (unpaired) electrons. The quantitative estimate of drug-likeness (QED) is 0.379. The number of pyridine rings is 1. The van der Waals surface area contributed by atoms with Crippen molar-refractivity contribution in [2.45, 2.75) is 11.6 Å². The SMILES string of the molecule is CSc1ncccc1C(=O)NCc1ccc(Cl)c(Oc2cc(N)cc(Cl)c2)c1F. The van der Waals surface area contributed by atoms with Gasteiger partial charge in [0.15, 0.2) is 11.6 Å². The molecular weight excluding hydrogens is 436 g/mol. The molecule has 0 unspecified atom stereocenters. The predicted molar refractivity (Wildman–Crippen MR) is 115 cm³/mol. The fourth-order valence-electron chi connectivity index (χ4n) is 2.56. The van der Waals surface area contributed by atoms with Crippen LogP contribution in [0.2, 0.25) is 10.0 Å². The van der Waals surface area contributed by atoms with Gasteiger partial charge in [-0.05, 0) is 36.6 Å². The second kappa shape index (κ2) is 9.35. The Kier molecular flexibility index (Phi) is 6.84. The molecule has 0 spiro atoms. The van der Waals surface area contributed by atoms with Gasteiger partial charge in [-0.15, -0.1) is 11.8 Å². The zero-order valence-corrected chi connectivity index (χ0v) is 17.5. The highest BCUT2D eigenvalue weighted by molar-refractivity contribution is 7.98. The molecule has 3 aromatic rings. The van der Waals surface area contributed by atoms with E-state index in [2.05, 4.69) is 10.3 Å². The molecule has 0 aliphatic rings. The van der Waals surface area contributed by atoms with Crippen molar-refractivity contribution in [1.82, 2.24) is 10.3 Å². The topological polar surface area (TPSA) is 77.2 Å². The van der Waals surface area contributed by atoms with E-state index in [9.17, 15) is 9.18 Å². The number of nitrogens with zero attached hydrogens (tertiary/aromatic N) is 1. The first kappa shape index (κ1) is 21.2. The Morgan fingerprint density at radius 2 is 2.07 bits per heavy atom. The summed E-state index contributed by atoms with van der Waals surface area (Å²) in [5.74, 6) is -0.974. The van der Waals surface area contributed by atoms with E-state index in [4.69, 9.17) is 33.7 Å². The monoisotopic (exact) mass is 451 g/mol. The third-order valence-electron chi connectivity index (χ3n) is 3.89. The van der Waals surface area contributed by atoms with Crippen molar-refractivity contribution in [2.75, 3.05) is 12.0 Å². The number of nitrogens with two attached hydrogens (primary N) is 1. The van der Waals surface area contributed by atoms with E-state index in [1.807, 2.05) is 6.26 Å². The summed E-state index contributed by atoms with van der Waals surface area (Å²) in [6.07, 6.45) is 3.43. The summed E-state index contributed by atoms with van der Waals surface area (Å²) in [6.45, 7) is -0.0569. The lowest BCUT2D eigenvalue weighted by molar-refractivity contribution is 0.0947. The first-order chi connectivity index (χ1) is 13.9. The van der Waals surface area contributed by atoms with Gasteiger partial charge in [-0.25, -0.2) is 9.37 Å². The maximum atomic E-state index is 15.0. The van der Waals surface area contributed by atoms with E-state index in [0.29, 0.717) is 21.3 Å². The number of hydrogen-bond acceptors (Lipinski definition) is 5. The molecule has 0 bridgehead atoms. The second-order valence-corrected chi connectivity index (χ2v) is 7.55. The van der Waals surface area contributed by atoms with Gasteiger partial charge in [0, 0.05) is 35.1 Å². The van der Waals surface area contributed by atoms with Crippen LogP contribution < -0.4 is 15.8 Å². The third kappa shape index (κ3) is 5.12. The standard InChI is InChI=1S/C20H16Cl2FN3O2S/c1-29-20-15(3-2-6-25-20)19(27)26-10-11-4-5-16(22)18(17(11)23)28-14-8-12(21)7-13(24)9-14/h2-9H,10,24H2,1H3,(H,26,27). The average molecular weight is 452 g/mol. The first-order valence-electron chi connectivity index (χ1n) is 8.37. The Bertz CT molecular complexity index is 1050. The highest BCUT2D eigenvalue weighted by Gasteiger charge is 2.17. The van der Waals surface area contributed by atoms with Crippen molar-refractivity contribution in [3.63, 3.8) is 0 Å². The number of ether oxygens (including phenoxy) is 1. The van der Waals surface area contributed by atoms with Gasteiger partial charge in [-0.2, -0.15) is 0 Å². The molecule has 0 atom stereocenters. The molecule has 3 N–H and O–H groups in total. The first-order valence-corrected chi connectivity index (χ1v) is 10.3. The van der Waals surface area contributed by atoms with Gasteiger partial charge in [-0.1, -0.05) is 29.3 Å². The number of benzene rings is 2. The number of nitrogen functional groups attached to an aromatic ring is 1. The van der Waals surface area contributed by atoms with E-state index in [-0.39, 0.29) is 34.5 Å². The van der Waals surface area contributed by atoms with E-state index >= 15 is 0 Å². The molecule has 150 valence electrons. The minimum Gasteiger partial charge on any atom is -0.453 e. The van der Waals surface area contributed by atoms with Crippen LogP contribution in [0.25, 0.3) is 0 Å². The van der Waals surface area contributed by atoms with Gasteiger partial charge in [0.2, 0.25) is 0 Å². The fourth-order valence-corrected chi connectivity index (χ4v) is 3.53. The van der Waals surface area contributed by atoms with Crippen molar-refractivity contribution in [3.05, 3.63) is 75.7 Å². The molecule has 1 heterocycles. The van der Waals surface area contributed by atoms with Crippen LogP contribution in [0.3, 0.4) is 0 Å². The van der Waals surface area contributed by atoms with Crippen LogP contribution in [0.15, 0.2) is 53.7 Å². The summed E-state index contributed by atoms with van der Waals surface area (Å²) in [7, 11) is 0. The molecule has 0 fully saturated rings. The Morgan fingerprint density at radius 1 is 1.28 bits per heavy atom. The van der Waals surface area contributed by atoms with E-state index in [1.54, 1.807) is 24.4 Å². The zero-order valence-electron chi connectivity index (χ0n) is 15.2. The molecule has 0 saturated heterocycles. The molecule has 5 nitrogen and oxygen atoms in total. The van der Waals surface area contributed by atoms with Crippen molar-refractivity contribution in [3.8, 4) is 11.5 Å². The van der Waals surface area contributed by atoms with Crippen LogP contribution in [-0.2, 0) is 6.54 Å². The number of rotatable bonds is 6. The van der Waals surface area contributed by atoms with Crippen LogP contribution in [0.4, 0.5) is 10.1 Å². The van der Waals surface area contributed by atoms with Gasteiger partial charge < -0.3 is 15.8 Å². The van der Waals surface area contributed by atoms with Gasteiger partial charge in [0.1, 0.15) is 10.8 Å². The average Bonchev–Trinajstić information content (AvgIpc) is 2.69. The Balaban J connectivity index is 1.80. The highest BCUT2D eigenvalue weighted by atomic mass is 35.5. The summed E-state index contributed by atoms with van der Waals surface area (Å²) in [6, 6.07) is 10.8. The molecule has 0 aliphatic carbocycles. The number of nitrogens with one attached hydrogen (secondary N) is 1. The number of carbonyl (C=O) groups excluding carboxylic acids is 1. The number of thioether (sulfide) groups is 1. The third-order valence-corrected chi connectivity index (χ3v) is 5.12. The van der Waals surface area contributed by atoms with Crippen LogP contribution in [0.5, 0.6) is 11.5 Å². The number of carbonyl (C=O) groups is 1. The normalized spacial score (nSPS) is 10.6. The molecule has 1 amide bonds. The van der Waals surface area contributed by atoms with Gasteiger partial charge >= 0.3 is 0 Å². The molecule has 0 aliphatic heterocycles. The maximum Gasteiger partial charge on any atom is 0.254 e. The summed E-state index contributed by atoms with van der Waals surface area (Å²) in [5, 5.41) is 3.70. The molecule has 3 rings (SSSR count). The van der Waals surface area contributed by atoms with Crippen LogP contribution >= 0.6 is 35.0 Å². The van der Waals surface area contributed by atoms with Gasteiger partial charge in [-0.3, -0.25) is 4.79 Å². The summed E-state index contributed by atoms with van der Waals surface area (Å²) in [5.41, 5.74) is 6.73. The number of halogens is 3. The van der Waals surface area contributed by atoms with Gasteiger partial charge in [0.05, 0.1) is 10.6 Å². The van der Waals surface area contributed by atoms with Crippen molar-refractivity contribution in [1.29, 1.82) is 0 Å². The number of hydrogen-bond donors (Lipinski definition) is 2. The Hall–Kier alpha value is -2.48. The minimum absolute atomic E-state index is 0.0569. The van der Waals surface area contributed by atoms with E-state index < -0.39 is 5.82 Å². The van der Waals surface area contributed by atoms with Crippen molar-refractivity contribution >= 4 is 46.6 Å². The number of anilines is 1. The number of aromatic nitrogens is 1. The zero-order chi connectivity index (χ0) is 21.0. The fraction of sp³-hybridized carbons (Fsp3) is 0.100. The van der Waals surface area contributed by atoms with Crippen molar-refractivity contribution in [2.24, 2.45) is 0 Å². The Labute approximate surface area is 181 Å². The van der Waals surface area contributed by atoms with Gasteiger partial charge in [0.25, 0.3) is 5.91 Å². The molecule has 29 heavy (non-hydrogen) atoms. The summed E-state index contributed by atoms with van der Waals surface area (Å²) in [4.78, 5) is 16.6. The van der Waals surface area contributed by atoms with E-state index in [0.717, 1.165) is 0 Å². The highest BCUT2D eigenvalue weighted by Crippen LogP contribution is 2.35. The second-order valence-electron chi connectivity index (χ2n) is 5.91. The largest absolute Gasteiger partial charge is 0.453 e. The summed E-state index contributed by atoms with van der Waals surface area (Å²) >= 11 is 13.4. The van der Waals surface area contributed by atoms with Crippen molar-refractivity contribution < 1.29 is 13.9 Å². The minimum atomic E-state index is -0.687. The lowest BCUT2D eigenvalue weighted by atomic mass is 10.2. The smallest absolute Gasteiger partial charge is 0.254 e. The van der Waals surface area contributed by atoms with E-state index in [1.165, 1.54) is 36.0 Å². The molecule has 2 aromatic carbocycles. The predicted octanol–water partition coefficient (Wildman–Crippen LogP) is 5.55. The molecular formula is C20H16Cl2FN3O2S. The lowest BCUT2D eigenvalue weighted by Gasteiger charge is -2.13. The number of amides is 1. The Morgan fingerprint density at radius 3 is 2.79 bits per heavy atom. The molecule has 9 heteroatoms. The van der Waals surface area contributed by atoms with Crippen LogP contribution in [-0.4, -0.2) is 17.1 Å². The molecule has 1 aromatic heterocycles. The molecule has 0 saturated carbocycles.